The number of amides is 1. The van der Waals surface area contributed by atoms with Crippen molar-refractivity contribution in [2.75, 3.05) is 19.7 Å². The number of esters is 1. The molecule has 6 nitrogen and oxygen atoms in total. The van der Waals surface area contributed by atoms with Crippen LogP contribution in [-0.2, 0) is 16.1 Å². The van der Waals surface area contributed by atoms with Crippen LogP contribution in [0.3, 0.4) is 0 Å². The van der Waals surface area contributed by atoms with Gasteiger partial charge in [-0.3, -0.25) is 9.69 Å². The van der Waals surface area contributed by atoms with Crippen molar-refractivity contribution in [1.29, 1.82) is 0 Å². The van der Waals surface area contributed by atoms with Crippen molar-refractivity contribution in [2.45, 2.75) is 39.3 Å². The van der Waals surface area contributed by atoms with Crippen LogP contribution in [0.15, 0.2) is 28.7 Å². The van der Waals surface area contributed by atoms with Crippen LogP contribution in [0, 0.1) is 0 Å². The SMILES string of the molecule is CCOC(=O)c1c(CN2CCCC(NC(C)=O)C2)oc2ccccc12. The molecule has 1 aromatic carbocycles. The number of benzene rings is 1. The number of furan rings is 1. The number of hydrogen-bond acceptors (Lipinski definition) is 5. The molecule has 134 valence electrons. The minimum absolute atomic E-state index is 0.0113. The average molecular weight is 344 g/mol. The van der Waals surface area contributed by atoms with Gasteiger partial charge in [-0.15, -0.1) is 0 Å². The van der Waals surface area contributed by atoms with Gasteiger partial charge in [0.2, 0.25) is 5.91 Å². The summed E-state index contributed by atoms with van der Waals surface area (Å²) in [7, 11) is 0. The topological polar surface area (TPSA) is 71.8 Å². The van der Waals surface area contributed by atoms with Gasteiger partial charge in [0.25, 0.3) is 0 Å². The van der Waals surface area contributed by atoms with E-state index in [2.05, 4.69) is 10.2 Å². The molecule has 1 N–H and O–H groups in total. The highest BCUT2D eigenvalue weighted by Gasteiger charge is 2.26. The Labute approximate surface area is 147 Å². The zero-order chi connectivity index (χ0) is 17.8. The molecule has 1 fully saturated rings. The van der Waals surface area contributed by atoms with Crippen LogP contribution in [-0.4, -0.2) is 42.5 Å². The molecule has 0 spiro atoms. The van der Waals surface area contributed by atoms with E-state index in [1.54, 1.807) is 6.92 Å². The van der Waals surface area contributed by atoms with Gasteiger partial charge in [-0.25, -0.2) is 4.79 Å². The molecule has 0 saturated carbocycles. The van der Waals surface area contributed by atoms with Gasteiger partial charge in [0.1, 0.15) is 16.9 Å². The Bertz CT molecular complexity index is 768. The van der Waals surface area contributed by atoms with E-state index < -0.39 is 0 Å². The summed E-state index contributed by atoms with van der Waals surface area (Å²) in [6.07, 6.45) is 1.97. The lowest BCUT2D eigenvalue weighted by atomic mass is 10.0. The van der Waals surface area contributed by atoms with E-state index >= 15 is 0 Å². The molecule has 1 saturated heterocycles. The van der Waals surface area contributed by atoms with Crippen LogP contribution in [0.25, 0.3) is 11.0 Å². The number of para-hydroxylation sites is 1. The number of carbonyl (C=O) groups excluding carboxylic acids is 2. The summed E-state index contributed by atoms with van der Waals surface area (Å²) < 4.78 is 11.2. The minimum Gasteiger partial charge on any atom is -0.462 e. The Morgan fingerprint density at radius 1 is 1.36 bits per heavy atom. The summed E-state index contributed by atoms with van der Waals surface area (Å²) in [6, 6.07) is 7.65. The van der Waals surface area contributed by atoms with Crippen molar-refractivity contribution in [3.8, 4) is 0 Å². The zero-order valence-corrected chi connectivity index (χ0v) is 14.7. The van der Waals surface area contributed by atoms with Crippen molar-refractivity contribution < 1.29 is 18.7 Å². The number of ether oxygens (including phenoxy) is 1. The Morgan fingerprint density at radius 3 is 2.92 bits per heavy atom. The van der Waals surface area contributed by atoms with E-state index in [0.29, 0.717) is 30.1 Å². The maximum atomic E-state index is 12.4. The number of carbonyl (C=O) groups is 2. The molecule has 1 aliphatic rings. The van der Waals surface area contributed by atoms with Crippen LogP contribution in [0.5, 0.6) is 0 Å². The number of fused-ring (bicyclic) bond motifs is 1. The highest BCUT2D eigenvalue weighted by Crippen LogP contribution is 2.28. The van der Waals surface area contributed by atoms with Crippen molar-refractivity contribution >= 4 is 22.8 Å². The molecule has 25 heavy (non-hydrogen) atoms. The van der Waals surface area contributed by atoms with Crippen LogP contribution in [0.4, 0.5) is 0 Å². The van der Waals surface area contributed by atoms with Gasteiger partial charge in [-0.2, -0.15) is 0 Å². The largest absolute Gasteiger partial charge is 0.462 e. The number of nitrogens with zero attached hydrogens (tertiary/aromatic N) is 1. The van der Waals surface area contributed by atoms with E-state index in [9.17, 15) is 9.59 Å². The van der Waals surface area contributed by atoms with Crippen LogP contribution in [0.2, 0.25) is 0 Å². The number of rotatable bonds is 5. The van der Waals surface area contributed by atoms with Gasteiger partial charge in [0.05, 0.1) is 13.2 Å². The molecular weight excluding hydrogens is 320 g/mol. The second-order valence-electron chi connectivity index (χ2n) is 6.39. The van der Waals surface area contributed by atoms with Crippen molar-refractivity contribution in [1.82, 2.24) is 10.2 Å². The monoisotopic (exact) mass is 344 g/mol. The molecule has 6 heteroatoms. The molecular formula is C19H24N2O4. The van der Waals surface area contributed by atoms with Gasteiger partial charge < -0.3 is 14.5 Å². The summed E-state index contributed by atoms with van der Waals surface area (Å²) in [4.78, 5) is 25.9. The molecule has 3 rings (SSSR count). The molecule has 1 atom stereocenters. The fourth-order valence-corrected chi connectivity index (χ4v) is 3.44. The van der Waals surface area contributed by atoms with Gasteiger partial charge >= 0.3 is 5.97 Å². The van der Waals surface area contributed by atoms with Crippen LogP contribution < -0.4 is 5.32 Å². The summed E-state index contributed by atoms with van der Waals surface area (Å²) >= 11 is 0. The summed E-state index contributed by atoms with van der Waals surface area (Å²) in [6.45, 7) is 5.85. The van der Waals surface area contributed by atoms with Gasteiger partial charge in [0.15, 0.2) is 0 Å². The standard InChI is InChI=1S/C19H24N2O4/c1-3-24-19(23)18-15-8-4-5-9-16(15)25-17(18)12-21-10-6-7-14(11-21)20-13(2)22/h4-5,8-9,14H,3,6-7,10-12H2,1-2H3,(H,20,22). The van der Waals surface area contributed by atoms with Crippen molar-refractivity contribution in [2.24, 2.45) is 0 Å². The van der Waals surface area contributed by atoms with Gasteiger partial charge in [-0.05, 0) is 32.4 Å². The first-order valence-corrected chi connectivity index (χ1v) is 8.75. The van der Waals surface area contributed by atoms with Crippen molar-refractivity contribution in [3.63, 3.8) is 0 Å². The first-order valence-electron chi connectivity index (χ1n) is 8.75. The van der Waals surface area contributed by atoms with E-state index in [4.69, 9.17) is 9.15 Å². The molecule has 1 aromatic heterocycles. The second kappa shape index (κ2) is 7.70. The van der Waals surface area contributed by atoms with Gasteiger partial charge in [-0.1, -0.05) is 18.2 Å². The maximum Gasteiger partial charge on any atom is 0.342 e. The highest BCUT2D eigenvalue weighted by atomic mass is 16.5. The maximum absolute atomic E-state index is 12.4. The lowest BCUT2D eigenvalue weighted by Gasteiger charge is -2.32. The van der Waals surface area contributed by atoms with Crippen LogP contribution in [0.1, 0.15) is 42.8 Å². The summed E-state index contributed by atoms with van der Waals surface area (Å²) in [5, 5.41) is 3.76. The van der Waals surface area contributed by atoms with Gasteiger partial charge in [0, 0.05) is 24.9 Å². The van der Waals surface area contributed by atoms with E-state index in [1.165, 1.54) is 6.92 Å². The number of piperidine rings is 1. The molecule has 1 unspecified atom stereocenters. The molecule has 1 aliphatic heterocycles. The number of nitrogens with one attached hydrogen (secondary N) is 1. The third kappa shape index (κ3) is 4.02. The van der Waals surface area contributed by atoms with E-state index in [1.807, 2.05) is 24.3 Å². The minimum atomic E-state index is -0.349. The second-order valence-corrected chi connectivity index (χ2v) is 6.39. The Hall–Kier alpha value is -2.34. The fraction of sp³-hybridized carbons (Fsp3) is 0.474. The molecule has 0 radical (unpaired) electrons. The summed E-state index contributed by atoms with van der Waals surface area (Å²) in [5.41, 5.74) is 1.20. The molecule has 2 heterocycles. The number of likely N-dealkylation sites (tertiary alicyclic amines) is 1. The van der Waals surface area contributed by atoms with E-state index in [0.717, 1.165) is 31.3 Å². The summed E-state index contributed by atoms with van der Waals surface area (Å²) in [5.74, 6) is 0.267. The Balaban J connectivity index is 1.84. The molecule has 2 aromatic rings. The third-order valence-electron chi connectivity index (χ3n) is 4.43. The predicted molar refractivity (Wildman–Crippen MR) is 94.3 cm³/mol. The van der Waals surface area contributed by atoms with Crippen molar-refractivity contribution in [3.05, 3.63) is 35.6 Å². The smallest absolute Gasteiger partial charge is 0.342 e. The first kappa shape index (κ1) is 17.5. The predicted octanol–water partition coefficient (Wildman–Crippen LogP) is 2.71. The Morgan fingerprint density at radius 2 is 2.16 bits per heavy atom. The Kier molecular flexibility index (Phi) is 5.38. The molecule has 0 bridgehead atoms. The number of hydrogen-bond donors (Lipinski definition) is 1. The normalized spacial score (nSPS) is 18.2. The lowest BCUT2D eigenvalue weighted by molar-refractivity contribution is -0.120. The van der Waals surface area contributed by atoms with E-state index in [-0.39, 0.29) is 17.9 Å². The average Bonchev–Trinajstić information content (AvgIpc) is 2.92. The highest BCUT2D eigenvalue weighted by molar-refractivity contribution is 6.04. The third-order valence-corrected chi connectivity index (χ3v) is 4.43. The first-order chi connectivity index (χ1) is 12.1. The van der Waals surface area contributed by atoms with Crippen LogP contribution >= 0.6 is 0 Å². The lowest BCUT2D eigenvalue weighted by Crippen LogP contribution is -2.46. The molecule has 1 amide bonds. The zero-order valence-electron chi connectivity index (χ0n) is 14.7. The molecule has 0 aliphatic carbocycles. The fourth-order valence-electron chi connectivity index (χ4n) is 3.44. The quantitative estimate of drug-likeness (QED) is 0.845.